The van der Waals surface area contributed by atoms with E-state index in [-0.39, 0.29) is 5.82 Å². The quantitative estimate of drug-likeness (QED) is 0.919. The lowest BCUT2D eigenvalue weighted by Gasteiger charge is -2.06. The SMILES string of the molecule is NCc1ccc(Sc2ccccc2F)c(Br)c1. The number of nitrogens with two attached hydrogens (primary N) is 1. The van der Waals surface area contributed by atoms with Gasteiger partial charge in [0.05, 0.1) is 0 Å². The Bertz CT molecular complexity index is 531. The molecule has 0 spiro atoms. The molecule has 0 aliphatic carbocycles. The lowest BCUT2D eigenvalue weighted by atomic mass is 10.2. The summed E-state index contributed by atoms with van der Waals surface area (Å²) in [5, 5.41) is 0. The van der Waals surface area contributed by atoms with Gasteiger partial charge in [-0.25, -0.2) is 4.39 Å². The summed E-state index contributed by atoms with van der Waals surface area (Å²) in [7, 11) is 0. The second-order valence-corrected chi connectivity index (χ2v) is 5.44. The molecule has 0 saturated carbocycles. The Morgan fingerprint density at radius 3 is 2.53 bits per heavy atom. The van der Waals surface area contributed by atoms with Crippen LogP contribution in [-0.4, -0.2) is 0 Å². The number of hydrogen-bond acceptors (Lipinski definition) is 2. The zero-order chi connectivity index (χ0) is 12.3. The second-order valence-electron chi connectivity index (χ2n) is 3.50. The zero-order valence-electron chi connectivity index (χ0n) is 8.99. The van der Waals surface area contributed by atoms with Crippen molar-refractivity contribution >= 4 is 27.7 Å². The van der Waals surface area contributed by atoms with E-state index in [0.717, 1.165) is 14.9 Å². The molecule has 0 atom stereocenters. The molecule has 0 aliphatic heterocycles. The third-order valence-electron chi connectivity index (χ3n) is 2.29. The summed E-state index contributed by atoms with van der Waals surface area (Å²) < 4.78 is 14.4. The molecule has 0 aromatic heterocycles. The van der Waals surface area contributed by atoms with E-state index in [1.165, 1.54) is 17.8 Å². The molecule has 0 heterocycles. The Kier molecular flexibility index (Phi) is 4.20. The first-order valence-electron chi connectivity index (χ1n) is 5.11. The van der Waals surface area contributed by atoms with E-state index >= 15 is 0 Å². The minimum Gasteiger partial charge on any atom is -0.326 e. The van der Waals surface area contributed by atoms with Crippen molar-refractivity contribution in [2.75, 3.05) is 0 Å². The highest BCUT2D eigenvalue weighted by Gasteiger charge is 2.06. The van der Waals surface area contributed by atoms with Crippen molar-refractivity contribution in [1.82, 2.24) is 0 Å². The molecule has 2 N–H and O–H groups in total. The normalized spacial score (nSPS) is 10.5. The molecular formula is C13H11BrFNS. The third-order valence-corrected chi connectivity index (χ3v) is 4.33. The van der Waals surface area contributed by atoms with Gasteiger partial charge in [-0.3, -0.25) is 0 Å². The van der Waals surface area contributed by atoms with Crippen molar-refractivity contribution in [2.24, 2.45) is 5.73 Å². The van der Waals surface area contributed by atoms with Gasteiger partial charge < -0.3 is 5.73 Å². The van der Waals surface area contributed by atoms with Gasteiger partial charge in [0, 0.05) is 20.8 Å². The number of hydrogen-bond donors (Lipinski definition) is 1. The summed E-state index contributed by atoms with van der Waals surface area (Å²) in [6.07, 6.45) is 0. The van der Waals surface area contributed by atoms with E-state index in [2.05, 4.69) is 15.9 Å². The van der Waals surface area contributed by atoms with Gasteiger partial charge in [0.25, 0.3) is 0 Å². The van der Waals surface area contributed by atoms with Gasteiger partial charge in [-0.1, -0.05) is 30.0 Å². The highest BCUT2D eigenvalue weighted by Crippen LogP contribution is 2.35. The molecule has 2 aromatic carbocycles. The van der Waals surface area contributed by atoms with Crippen LogP contribution >= 0.6 is 27.7 Å². The molecule has 0 amide bonds. The number of halogens is 2. The fourth-order valence-electron chi connectivity index (χ4n) is 1.40. The van der Waals surface area contributed by atoms with Gasteiger partial charge in [0.2, 0.25) is 0 Å². The van der Waals surface area contributed by atoms with Gasteiger partial charge in [-0.05, 0) is 45.8 Å². The molecule has 2 rings (SSSR count). The molecule has 1 nitrogen and oxygen atoms in total. The van der Waals surface area contributed by atoms with E-state index in [1.54, 1.807) is 12.1 Å². The van der Waals surface area contributed by atoms with Crippen LogP contribution in [0.5, 0.6) is 0 Å². The average molecular weight is 312 g/mol. The van der Waals surface area contributed by atoms with Crippen LogP contribution < -0.4 is 5.73 Å². The van der Waals surface area contributed by atoms with Crippen LogP contribution in [0.2, 0.25) is 0 Å². The topological polar surface area (TPSA) is 26.0 Å². The molecule has 17 heavy (non-hydrogen) atoms. The monoisotopic (exact) mass is 311 g/mol. The maximum absolute atomic E-state index is 13.5. The molecule has 0 aliphatic rings. The van der Waals surface area contributed by atoms with Crippen LogP contribution in [0.15, 0.2) is 56.7 Å². The van der Waals surface area contributed by atoms with Crippen LogP contribution in [-0.2, 0) is 6.54 Å². The predicted octanol–water partition coefficient (Wildman–Crippen LogP) is 4.20. The van der Waals surface area contributed by atoms with Crippen LogP contribution in [0, 0.1) is 5.82 Å². The first kappa shape index (κ1) is 12.6. The lowest BCUT2D eigenvalue weighted by Crippen LogP contribution is -1.95. The smallest absolute Gasteiger partial charge is 0.137 e. The molecule has 4 heteroatoms. The van der Waals surface area contributed by atoms with Crippen molar-refractivity contribution in [3.63, 3.8) is 0 Å². The highest BCUT2D eigenvalue weighted by atomic mass is 79.9. The largest absolute Gasteiger partial charge is 0.326 e. The maximum Gasteiger partial charge on any atom is 0.137 e. The second kappa shape index (κ2) is 5.67. The third kappa shape index (κ3) is 3.09. The fraction of sp³-hybridized carbons (Fsp3) is 0.0769. The fourth-order valence-corrected chi connectivity index (χ4v) is 2.91. The minimum atomic E-state index is -0.202. The molecule has 88 valence electrons. The summed E-state index contributed by atoms with van der Waals surface area (Å²) >= 11 is 4.87. The zero-order valence-corrected chi connectivity index (χ0v) is 11.4. The van der Waals surface area contributed by atoms with Crippen LogP contribution in [0.1, 0.15) is 5.56 Å². The Morgan fingerprint density at radius 2 is 1.88 bits per heavy atom. The van der Waals surface area contributed by atoms with Crippen molar-refractivity contribution in [3.8, 4) is 0 Å². The first-order chi connectivity index (χ1) is 8.20. The first-order valence-corrected chi connectivity index (χ1v) is 6.72. The summed E-state index contributed by atoms with van der Waals surface area (Å²) in [6.45, 7) is 0.503. The van der Waals surface area contributed by atoms with E-state index < -0.39 is 0 Å². The van der Waals surface area contributed by atoms with Crippen molar-refractivity contribution in [2.45, 2.75) is 16.3 Å². The number of rotatable bonds is 3. The molecule has 0 fully saturated rings. The van der Waals surface area contributed by atoms with E-state index in [4.69, 9.17) is 5.73 Å². The van der Waals surface area contributed by atoms with Crippen LogP contribution in [0.4, 0.5) is 4.39 Å². The lowest BCUT2D eigenvalue weighted by molar-refractivity contribution is 0.602. The maximum atomic E-state index is 13.5. The van der Waals surface area contributed by atoms with Crippen molar-refractivity contribution < 1.29 is 4.39 Å². The van der Waals surface area contributed by atoms with Gasteiger partial charge in [-0.15, -0.1) is 0 Å². The highest BCUT2D eigenvalue weighted by molar-refractivity contribution is 9.10. The van der Waals surface area contributed by atoms with E-state index in [0.29, 0.717) is 11.4 Å². The Morgan fingerprint density at radius 1 is 1.12 bits per heavy atom. The summed E-state index contributed by atoms with van der Waals surface area (Å²) in [5.74, 6) is -0.202. The van der Waals surface area contributed by atoms with Gasteiger partial charge in [0.15, 0.2) is 0 Å². The summed E-state index contributed by atoms with van der Waals surface area (Å²) in [5.41, 5.74) is 6.61. The predicted molar refractivity (Wildman–Crippen MR) is 72.6 cm³/mol. The Labute approximate surface area is 112 Å². The molecule has 2 aromatic rings. The van der Waals surface area contributed by atoms with Crippen molar-refractivity contribution in [3.05, 3.63) is 58.3 Å². The Balaban J connectivity index is 2.28. The standard InChI is InChI=1S/C13H11BrFNS/c14-10-7-9(8-16)5-6-12(10)17-13-4-2-1-3-11(13)15/h1-7H,8,16H2. The molecular weight excluding hydrogens is 301 g/mol. The summed E-state index contributed by atoms with van der Waals surface area (Å²) in [6, 6.07) is 12.6. The minimum absolute atomic E-state index is 0.202. The molecule has 0 saturated heterocycles. The molecule has 0 unspecified atom stereocenters. The van der Waals surface area contributed by atoms with Crippen LogP contribution in [0.25, 0.3) is 0 Å². The van der Waals surface area contributed by atoms with E-state index in [1.807, 2.05) is 24.3 Å². The summed E-state index contributed by atoms with van der Waals surface area (Å²) in [4.78, 5) is 1.60. The molecule has 0 bridgehead atoms. The van der Waals surface area contributed by atoms with Gasteiger partial charge in [-0.2, -0.15) is 0 Å². The van der Waals surface area contributed by atoms with Crippen molar-refractivity contribution in [1.29, 1.82) is 0 Å². The van der Waals surface area contributed by atoms with E-state index in [9.17, 15) is 4.39 Å². The van der Waals surface area contributed by atoms with Gasteiger partial charge in [0.1, 0.15) is 5.82 Å². The Hall–Kier alpha value is -0.840. The number of benzene rings is 2. The van der Waals surface area contributed by atoms with Gasteiger partial charge >= 0.3 is 0 Å². The van der Waals surface area contributed by atoms with Crippen LogP contribution in [0.3, 0.4) is 0 Å². The molecule has 0 radical (unpaired) electrons. The average Bonchev–Trinajstić information content (AvgIpc) is 2.34.